The van der Waals surface area contributed by atoms with Gasteiger partial charge in [0, 0.05) is 25.5 Å². The molecule has 0 aliphatic heterocycles. The van der Waals surface area contributed by atoms with Gasteiger partial charge >= 0.3 is 0 Å². The first-order chi connectivity index (χ1) is 9.06. The van der Waals surface area contributed by atoms with Gasteiger partial charge < -0.3 is 15.0 Å². The summed E-state index contributed by atoms with van der Waals surface area (Å²) in [5.74, 6) is 0.591. The summed E-state index contributed by atoms with van der Waals surface area (Å²) in [5, 5.41) is 2.87. The first kappa shape index (κ1) is 13.9. The molecule has 0 bridgehead atoms. The molecule has 0 spiro atoms. The number of benzene rings is 1. The zero-order valence-electron chi connectivity index (χ0n) is 11.8. The SMILES string of the molecule is CC(OCC1CC1)C(=O)Nc1ccc(N(C)C)cc1. The van der Waals surface area contributed by atoms with Crippen LogP contribution in [0.5, 0.6) is 0 Å². The monoisotopic (exact) mass is 262 g/mol. The lowest BCUT2D eigenvalue weighted by Crippen LogP contribution is -2.28. The van der Waals surface area contributed by atoms with Crippen LogP contribution < -0.4 is 10.2 Å². The maximum atomic E-state index is 11.9. The fourth-order valence-electron chi connectivity index (χ4n) is 1.73. The number of nitrogens with zero attached hydrogens (tertiary/aromatic N) is 1. The van der Waals surface area contributed by atoms with E-state index in [9.17, 15) is 4.79 Å². The Morgan fingerprint density at radius 3 is 2.53 bits per heavy atom. The lowest BCUT2D eigenvalue weighted by molar-refractivity contribution is -0.126. The first-order valence-corrected chi connectivity index (χ1v) is 6.76. The van der Waals surface area contributed by atoms with Crippen LogP contribution in [0.2, 0.25) is 0 Å². The molecule has 19 heavy (non-hydrogen) atoms. The summed E-state index contributed by atoms with van der Waals surface area (Å²) < 4.78 is 5.54. The van der Waals surface area contributed by atoms with Crippen molar-refractivity contribution in [2.24, 2.45) is 5.92 Å². The molecule has 0 saturated heterocycles. The van der Waals surface area contributed by atoms with Crippen molar-refractivity contribution in [3.05, 3.63) is 24.3 Å². The summed E-state index contributed by atoms with van der Waals surface area (Å²) in [7, 11) is 3.97. The molecular weight excluding hydrogens is 240 g/mol. The largest absolute Gasteiger partial charge is 0.378 e. The van der Waals surface area contributed by atoms with Gasteiger partial charge in [0.1, 0.15) is 6.10 Å². The van der Waals surface area contributed by atoms with E-state index in [4.69, 9.17) is 4.74 Å². The molecule has 1 N–H and O–H groups in total. The van der Waals surface area contributed by atoms with Crippen LogP contribution in [-0.2, 0) is 9.53 Å². The average Bonchev–Trinajstić information content (AvgIpc) is 3.20. The molecular formula is C15H22N2O2. The van der Waals surface area contributed by atoms with Crippen LogP contribution in [0.4, 0.5) is 11.4 Å². The minimum Gasteiger partial charge on any atom is -0.378 e. The Bertz CT molecular complexity index is 424. The molecule has 0 aromatic heterocycles. The third kappa shape index (κ3) is 4.24. The summed E-state index contributed by atoms with van der Waals surface area (Å²) in [6, 6.07) is 7.76. The highest BCUT2D eigenvalue weighted by molar-refractivity contribution is 5.94. The standard InChI is InChI=1S/C15H22N2O2/c1-11(19-10-12-4-5-12)15(18)16-13-6-8-14(9-7-13)17(2)3/h6-9,11-12H,4-5,10H2,1-3H3,(H,16,18). The van der Waals surface area contributed by atoms with Crippen LogP contribution in [0, 0.1) is 5.92 Å². The molecule has 0 heterocycles. The highest BCUT2D eigenvalue weighted by Crippen LogP contribution is 2.29. The number of hydrogen-bond acceptors (Lipinski definition) is 3. The fraction of sp³-hybridized carbons (Fsp3) is 0.533. The minimum atomic E-state index is -0.394. The molecule has 4 heteroatoms. The van der Waals surface area contributed by atoms with Crippen molar-refractivity contribution in [3.63, 3.8) is 0 Å². The van der Waals surface area contributed by atoms with E-state index in [0.717, 1.165) is 11.4 Å². The number of amides is 1. The fourth-order valence-corrected chi connectivity index (χ4v) is 1.73. The van der Waals surface area contributed by atoms with Gasteiger partial charge in [-0.15, -0.1) is 0 Å². The summed E-state index contributed by atoms with van der Waals surface area (Å²) in [5.41, 5.74) is 1.91. The van der Waals surface area contributed by atoms with Crippen LogP contribution in [0.1, 0.15) is 19.8 Å². The second kappa shape index (κ2) is 6.06. The van der Waals surface area contributed by atoms with Crippen molar-refractivity contribution < 1.29 is 9.53 Å². The highest BCUT2D eigenvalue weighted by Gasteiger charge is 2.24. The molecule has 4 nitrogen and oxygen atoms in total. The van der Waals surface area contributed by atoms with Crippen LogP contribution in [-0.4, -0.2) is 32.7 Å². The second-order valence-electron chi connectivity index (χ2n) is 5.35. The second-order valence-corrected chi connectivity index (χ2v) is 5.35. The van der Waals surface area contributed by atoms with Gasteiger partial charge in [-0.1, -0.05) is 0 Å². The Labute approximate surface area is 114 Å². The van der Waals surface area contributed by atoms with Crippen LogP contribution in [0.25, 0.3) is 0 Å². The maximum Gasteiger partial charge on any atom is 0.253 e. The topological polar surface area (TPSA) is 41.6 Å². The zero-order chi connectivity index (χ0) is 13.8. The molecule has 1 saturated carbocycles. The Morgan fingerprint density at radius 2 is 2.00 bits per heavy atom. The minimum absolute atomic E-state index is 0.0850. The van der Waals surface area contributed by atoms with Gasteiger partial charge in [0.25, 0.3) is 5.91 Å². The Kier molecular flexibility index (Phi) is 4.43. The van der Waals surface area contributed by atoms with Crippen LogP contribution in [0.3, 0.4) is 0 Å². The van der Waals surface area contributed by atoms with Gasteiger partial charge in [0.05, 0.1) is 6.61 Å². The van der Waals surface area contributed by atoms with E-state index in [2.05, 4.69) is 5.32 Å². The number of carbonyl (C=O) groups is 1. The summed E-state index contributed by atoms with van der Waals surface area (Å²) in [4.78, 5) is 13.9. The smallest absolute Gasteiger partial charge is 0.253 e. The van der Waals surface area contributed by atoms with Crippen molar-refractivity contribution in [1.29, 1.82) is 0 Å². The summed E-state index contributed by atoms with van der Waals surface area (Å²) >= 11 is 0. The number of ether oxygens (including phenoxy) is 1. The zero-order valence-corrected chi connectivity index (χ0v) is 11.8. The number of carbonyl (C=O) groups excluding carboxylic acids is 1. The molecule has 104 valence electrons. The number of nitrogens with one attached hydrogen (secondary N) is 1. The number of rotatable bonds is 6. The molecule has 1 atom stereocenters. The number of hydrogen-bond donors (Lipinski definition) is 1. The summed E-state index contributed by atoms with van der Waals surface area (Å²) in [6.07, 6.45) is 2.08. The van der Waals surface area contributed by atoms with Crippen molar-refractivity contribution in [2.75, 3.05) is 30.9 Å². The van der Waals surface area contributed by atoms with Crippen molar-refractivity contribution in [3.8, 4) is 0 Å². The first-order valence-electron chi connectivity index (χ1n) is 6.76. The third-order valence-electron chi connectivity index (χ3n) is 3.30. The molecule has 1 aliphatic rings. The molecule has 1 aromatic rings. The summed E-state index contributed by atoms with van der Waals surface area (Å²) in [6.45, 7) is 2.50. The van der Waals surface area contributed by atoms with Gasteiger partial charge in [-0.05, 0) is 49.9 Å². The van der Waals surface area contributed by atoms with E-state index < -0.39 is 6.10 Å². The third-order valence-corrected chi connectivity index (χ3v) is 3.30. The highest BCUT2D eigenvalue weighted by atomic mass is 16.5. The predicted molar refractivity (Wildman–Crippen MR) is 77.5 cm³/mol. The molecule has 1 aromatic carbocycles. The molecule has 1 unspecified atom stereocenters. The number of anilines is 2. The predicted octanol–water partition coefficient (Wildman–Crippen LogP) is 2.51. The van der Waals surface area contributed by atoms with E-state index in [-0.39, 0.29) is 5.91 Å². The maximum absolute atomic E-state index is 11.9. The Balaban J connectivity index is 1.82. The van der Waals surface area contributed by atoms with E-state index in [1.165, 1.54) is 12.8 Å². The van der Waals surface area contributed by atoms with E-state index >= 15 is 0 Å². The molecule has 1 fully saturated rings. The lowest BCUT2D eigenvalue weighted by Gasteiger charge is -2.15. The molecule has 2 rings (SSSR count). The molecule has 1 amide bonds. The van der Waals surface area contributed by atoms with Crippen molar-refractivity contribution >= 4 is 17.3 Å². The molecule has 1 aliphatic carbocycles. The normalized spacial score (nSPS) is 15.9. The van der Waals surface area contributed by atoms with Crippen molar-refractivity contribution in [1.82, 2.24) is 0 Å². The van der Waals surface area contributed by atoms with Gasteiger partial charge in [-0.3, -0.25) is 4.79 Å². The van der Waals surface area contributed by atoms with E-state index in [1.54, 1.807) is 6.92 Å². The van der Waals surface area contributed by atoms with Crippen LogP contribution >= 0.6 is 0 Å². The van der Waals surface area contributed by atoms with E-state index in [0.29, 0.717) is 12.5 Å². The van der Waals surface area contributed by atoms with Gasteiger partial charge in [0.2, 0.25) is 0 Å². The van der Waals surface area contributed by atoms with Crippen molar-refractivity contribution in [2.45, 2.75) is 25.9 Å². The Morgan fingerprint density at radius 1 is 1.37 bits per heavy atom. The quantitative estimate of drug-likeness (QED) is 0.856. The molecule has 0 radical (unpaired) electrons. The van der Waals surface area contributed by atoms with Crippen LogP contribution in [0.15, 0.2) is 24.3 Å². The lowest BCUT2D eigenvalue weighted by atomic mass is 10.2. The van der Waals surface area contributed by atoms with Gasteiger partial charge in [-0.25, -0.2) is 0 Å². The van der Waals surface area contributed by atoms with Gasteiger partial charge in [-0.2, -0.15) is 0 Å². The average molecular weight is 262 g/mol. The van der Waals surface area contributed by atoms with Gasteiger partial charge in [0.15, 0.2) is 0 Å². The Hall–Kier alpha value is -1.55. The van der Waals surface area contributed by atoms with E-state index in [1.807, 2.05) is 43.3 Å².